The van der Waals surface area contributed by atoms with Crippen LogP contribution in [0.15, 0.2) is 48.5 Å². The monoisotopic (exact) mass is 451 g/mol. The highest BCUT2D eigenvalue weighted by molar-refractivity contribution is 7.92. The zero-order chi connectivity index (χ0) is 23.2. The van der Waals surface area contributed by atoms with Gasteiger partial charge in [-0.2, -0.15) is 0 Å². The summed E-state index contributed by atoms with van der Waals surface area (Å²) in [6, 6.07) is 11.3. The minimum atomic E-state index is -3.98. The van der Waals surface area contributed by atoms with Crippen LogP contribution >= 0.6 is 0 Å². The molecule has 1 atom stereocenters. The predicted octanol–water partition coefficient (Wildman–Crippen LogP) is 1.76. The average molecular weight is 452 g/mol. The summed E-state index contributed by atoms with van der Waals surface area (Å²) >= 11 is 0. The van der Waals surface area contributed by atoms with E-state index in [-0.39, 0.29) is 12.2 Å². The quantitative estimate of drug-likeness (QED) is 0.627. The fraction of sp³-hybridized carbons (Fsp3) is 0.333. The predicted molar refractivity (Wildman–Crippen MR) is 116 cm³/mol. The van der Waals surface area contributed by atoms with Crippen molar-refractivity contribution in [3.05, 3.63) is 59.9 Å². The maximum Gasteiger partial charge on any atom is 0.244 e. The molecule has 0 spiro atoms. The van der Waals surface area contributed by atoms with E-state index in [9.17, 15) is 22.4 Å². The minimum Gasteiger partial charge on any atom is -0.497 e. The number of rotatable bonds is 9. The molecule has 0 aromatic heterocycles. The van der Waals surface area contributed by atoms with Crippen molar-refractivity contribution in [1.82, 2.24) is 10.2 Å². The highest BCUT2D eigenvalue weighted by Gasteiger charge is 2.30. The number of likely N-dealkylation sites (N-methyl/N-ethyl adjacent to an activating group) is 1. The lowest BCUT2D eigenvalue weighted by Gasteiger charge is -2.31. The number of carbonyl (C=O) groups is 2. The average Bonchev–Trinajstić information content (AvgIpc) is 2.74. The Bertz CT molecular complexity index is 1040. The number of ether oxygens (including phenoxy) is 1. The molecule has 0 bridgehead atoms. The van der Waals surface area contributed by atoms with E-state index in [2.05, 4.69) is 5.32 Å². The van der Waals surface area contributed by atoms with E-state index in [1.54, 1.807) is 24.3 Å². The molecule has 0 saturated carbocycles. The zero-order valence-corrected chi connectivity index (χ0v) is 18.6. The maximum absolute atomic E-state index is 14.3. The standard InChI is InChI=1S/C21H26FN3O5S/c1-15(21(27)23-2)24(13-16-8-7-9-17(12-16)30-3)20(26)14-25(31(4,28)29)19-11-6-5-10-18(19)22/h5-12,15H,13-14H2,1-4H3,(H,23,27)/t15-/m1/s1. The maximum atomic E-state index is 14.3. The lowest BCUT2D eigenvalue weighted by molar-refractivity contribution is -0.139. The Hall–Kier alpha value is -3.14. The molecule has 0 aliphatic heterocycles. The van der Waals surface area contributed by atoms with Gasteiger partial charge in [0, 0.05) is 13.6 Å². The first-order chi connectivity index (χ1) is 14.6. The first kappa shape index (κ1) is 24.1. The molecule has 0 aliphatic carbocycles. The third-order valence-corrected chi connectivity index (χ3v) is 5.83. The molecule has 0 unspecified atom stereocenters. The van der Waals surface area contributed by atoms with Gasteiger partial charge in [0.15, 0.2) is 0 Å². The Morgan fingerprint density at radius 2 is 1.84 bits per heavy atom. The van der Waals surface area contributed by atoms with Crippen molar-refractivity contribution in [2.45, 2.75) is 19.5 Å². The number of carbonyl (C=O) groups excluding carboxylic acids is 2. The van der Waals surface area contributed by atoms with Gasteiger partial charge in [0.2, 0.25) is 21.8 Å². The fourth-order valence-corrected chi connectivity index (χ4v) is 3.86. The van der Waals surface area contributed by atoms with E-state index in [4.69, 9.17) is 4.74 Å². The van der Waals surface area contributed by atoms with E-state index < -0.39 is 40.2 Å². The highest BCUT2D eigenvalue weighted by Crippen LogP contribution is 2.22. The molecule has 1 N–H and O–H groups in total. The molecule has 2 aromatic carbocycles. The second kappa shape index (κ2) is 10.3. The van der Waals surface area contributed by atoms with Crippen LogP contribution in [0.2, 0.25) is 0 Å². The van der Waals surface area contributed by atoms with Crippen molar-refractivity contribution >= 4 is 27.5 Å². The molecule has 0 fully saturated rings. The largest absolute Gasteiger partial charge is 0.497 e. The molecular weight excluding hydrogens is 425 g/mol. The molecule has 2 aromatic rings. The second-order valence-electron chi connectivity index (χ2n) is 6.88. The molecule has 0 heterocycles. The van der Waals surface area contributed by atoms with Crippen LogP contribution in [0.25, 0.3) is 0 Å². The Morgan fingerprint density at radius 3 is 2.42 bits per heavy atom. The highest BCUT2D eigenvalue weighted by atomic mass is 32.2. The summed E-state index contributed by atoms with van der Waals surface area (Å²) in [6.45, 7) is 0.898. The van der Waals surface area contributed by atoms with Gasteiger partial charge in [-0.1, -0.05) is 24.3 Å². The van der Waals surface area contributed by atoms with Crippen molar-refractivity contribution in [2.75, 3.05) is 31.3 Å². The summed E-state index contributed by atoms with van der Waals surface area (Å²) in [6.07, 6.45) is 0.890. The third kappa shape index (κ3) is 6.17. The summed E-state index contributed by atoms with van der Waals surface area (Å²) < 4.78 is 44.8. The topological polar surface area (TPSA) is 96.0 Å². The third-order valence-electron chi connectivity index (χ3n) is 4.70. The Balaban J connectivity index is 2.40. The van der Waals surface area contributed by atoms with E-state index in [0.29, 0.717) is 15.6 Å². The van der Waals surface area contributed by atoms with E-state index in [1.807, 2.05) is 0 Å². The number of hydrogen-bond donors (Lipinski definition) is 1. The number of nitrogens with zero attached hydrogens (tertiary/aromatic N) is 2. The summed E-state index contributed by atoms with van der Waals surface area (Å²) in [5.74, 6) is -1.29. The molecule has 168 valence electrons. The number of methoxy groups -OCH3 is 1. The SMILES string of the molecule is CNC(=O)[C@@H](C)N(Cc1cccc(OC)c1)C(=O)CN(c1ccccc1F)S(C)(=O)=O. The number of amides is 2. The van der Waals surface area contributed by atoms with E-state index in [1.165, 1.54) is 44.2 Å². The molecular formula is C21H26FN3O5S. The van der Waals surface area contributed by atoms with Crippen LogP contribution < -0.4 is 14.4 Å². The van der Waals surface area contributed by atoms with Crippen LogP contribution in [0.5, 0.6) is 5.75 Å². The zero-order valence-electron chi connectivity index (χ0n) is 17.8. The van der Waals surface area contributed by atoms with Gasteiger partial charge >= 0.3 is 0 Å². The normalized spacial score (nSPS) is 12.0. The molecule has 8 nitrogen and oxygen atoms in total. The van der Waals surface area contributed by atoms with Crippen LogP contribution in [0.1, 0.15) is 12.5 Å². The number of benzene rings is 2. The fourth-order valence-electron chi connectivity index (χ4n) is 3.01. The Kier molecular flexibility index (Phi) is 7.98. The van der Waals surface area contributed by atoms with Gasteiger partial charge in [-0.25, -0.2) is 12.8 Å². The van der Waals surface area contributed by atoms with Crippen LogP contribution in [0, 0.1) is 5.82 Å². The Morgan fingerprint density at radius 1 is 1.16 bits per heavy atom. The van der Waals surface area contributed by atoms with Gasteiger partial charge < -0.3 is 15.0 Å². The van der Waals surface area contributed by atoms with Gasteiger partial charge in [-0.15, -0.1) is 0 Å². The van der Waals surface area contributed by atoms with Crippen molar-refractivity contribution in [3.8, 4) is 5.75 Å². The number of sulfonamides is 1. The summed E-state index contributed by atoms with van der Waals surface area (Å²) in [5.41, 5.74) is 0.438. The first-order valence-corrected chi connectivity index (χ1v) is 11.3. The van der Waals surface area contributed by atoms with Crippen molar-refractivity contribution in [2.24, 2.45) is 0 Å². The van der Waals surface area contributed by atoms with Crippen LogP contribution in [-0.4, -0.2) is 58.1 Å². The molecule has 10 heteroatoms. The van der Waals surface area contributed by atoms with Gasteiger partial charge in [0.1, 0.15) is 24.2 Å². The number of anilines is 1. The number of halogens is 1. The van der Waals surface area contributed by atoms with Gasteiger partial charge in [-0.05, 0) is 36.8 Å². The summed E-state index contributed by atoms with van der Waals surface area (Å²) in [7, 11) is -1.03. The smallest absolute Gasteiger partial charge is 0.244 e. The van der Waals surface area contributed by atoms with E-state index in [0.717, 1.165) is 12.3 Å². The number of para-hydroxylation sites is 1. The number of hydrogen-bond acceptors (Lipinski definition) is 5. The van der Waals surface area contributed by atoms with Crippen LogP contribution in [0.4, 0.5) is 10.1 Å². The minimum absolute atomic E-state index is 0.0273. The number of nitrogens with one attached hydrogen (secondary N) is 1. The van der Waals surface area contributed by atoms with Crippen molar-refractivity contribution in [3.63, 3.8) is 0 Å². The van der Waals surface area contributed by atoms with Crippen molar-refractivity contribution in [1.29, 1.82) is 0 Å². The molecule has 0 radical (unpaired) electrons. The van der Waals surface area contributed by atoms with Crippen molar-refractivity contribution < 1.29 is 27.1 Å². The van der Waals surface area contributed by atoms with Crippen LogP contribution in [-0.2, 0) is 26.2 Å². The molecule has 2 rings (SSSR count). The molecule has 0 saturated heterocycles. The lowest BCUT2D eigenvalue weighted by atomic mass is 10.1. The summed E-state index contributed by atoms with van der Waals surface area (Å²) in [4.78, 5) is 26.7. The van der Waals surface area contributed by atoms with Gasteiger partial charge in [0.25, 0.3) is 0 Å². The second-order valence-corrected chi connectivity index (χ2v) is 8.79. The Labute approximate surface area is 181 Å². The molecule has 0 aliphatic rings. The first-order valence-electron chi connectivity index (χ1n) is 9.44. The molecule has 31 heavy (non-hydrogen) atoms. The lowest BCUT2D eigenvalue weighted by Crippen LogP contribution is -2.50. The molecule has 2 amide bonds. The summed E-state index contributed by atoms with van der Waals surface area (Å²) in [5, 5.41) is 2.48. The van der Waals surface area contributed by atoms with Crippen LogP contribution in [0.3, 0.4) is 0 Å². The van der Waals surface area contributed by atoms with Gasteiger partial charge in [0.05, 0.1) is 19.1 Å². The van der Waals surface area contributed by atoms with E-state index >= 15 is 0 Å². The van der Waals surface area contributed by atoms with Gasteiger partial charge in [-0.3, -0.25) is 13.9 Å².